The van der Waals surface area contributed by atoms with Gasteiger partial charge in [-0.3, -0.25) is 9.59 Å². The quantitative estimate of drug-likeness (QED) is 0.707. The molecule has 1 saturated carbocycles. The standard InChI is InChI=1S/C21H30N2O4/c1-15(2)27-19-5-3-4-16(12-19)13-21(25)26-14-20(24)22-17-8-10-23(11-9-17)18-6-7-18/h3-5,12,15,17-18H,6-11,13-14H2,1-2H3,(H,22,24). The van der Waals surface area contributed by atoms with Gasteiger partial charge in [0.05, 0.1) is 12.5 Å². The summed E-state index contributed by atoms with van der Waals surface area (Å²) in [6, 6.07) is 8.36. The van der Waals surface area contributed by atoms with Gasteiger partial charge < -0.3 is 19.7 Å². The number of hydrogen-bond acceptors (Lipinski definition) is 5. The van der Waals surface area contributed by atoms with Crippen molar-refractivity contribution in [2.24, 2.45) is 0 Å². The number of nitrogens with zero attached hydrogens (tertiary/aromatic N) is 1. The van der Waals surface area contributed by atoms with E-state index in [-0.39, 0.29) is 31.1 Å². The molecule has 1 heterocycles. The van der Waals surface area contributed by atoms with E-state index in [9.17, 15) is 9.59 Å². The largest absolute Gasteiger partial charge is 0.491 e. The third-order valence-electron chi connectivity index (χ3n) is 4.94. The van der Waals surface area contributed by atoms with Crippen LogP contribution in [0.5, 0.6) is 5.75 Å². The topological polar surface area (TPSA) is 67.9 Å². The van der Waals surface area contributed by atoms with Crippen molar-refractivity contribution in [2.45, 2.75) is 64.1 Å². The third kappa shape index (κ3) is 6.54. The van der Waals surface area contributed by atoms with Gasteiger partial charge in [-0.2, -0.15) is 0 Å². The van der Waals surface area contributed by atoms with Crippen molar-refractivity contribution < 1.29 is 19.1 Å². The molecule has 1 aromatic carbocycles. The zero-order valence-corrected chi connectivity index (χ0v) is 16.3. The number of benzene rings is 1. The van der Waals surface area contributed by atoms with Gasteiger partial charge in [0.15, 0.2) is 6.61 Å². The fourth-order valence-corrected chi connectivity index (χ4v) is 3.48. The van der Waals surface area contributed by atoms with Crippen molar-refractivity contribution in [3.63, 3.8) is 0 Å². The van der Waals surface area contributed by atoms with Crippen LogP contribution in [0.2, 0.25) is 0 Å². The molecule has 27 heavy (non-hydrogen) atoms. The molecule has 1 N–H and O–H groups in total. The summed E-state index contributed by atoms with van der Waals surface area (Å²) in [4.78, 5) is 26.6. The number of ether oxygens (including phenoxy) is 2. The number of piperidine rings is 1. The zero-order valence-electron chi connectivity index (χ0n) is 16.3. The fraction of sp³-hybridized carbons (Fsp3) is 0.619. The molecular formula is C21H30N2O4. The average Bonchev–Trinajstić information content (AvgIpc) is 3.45. The fourth-order valence-electron chi connectivity index (χ4n) is 3.48. The minimum Gasteiger partial charge on any atom is -0.491 e. The van der Waals surface area contributed by atoms with Crippen molar-refractivity contribution in [3.8, 4) is 5.75 Å². The molecule has 0 spiro atoms. The van der Waals surface area contributed by atoms with E-state index >= 15 is 0 Å². The molecule has 1 amide bonds. The minimum absolute atomic E-state index is 0.0760. The number of carbonyl (C=O) groups excluding carboxylic acids is 2. The Morgan fingerprint density at radius 3 is 2.59 bits per heavy atom. The smallest absolute Gasteiger partial charge is 0.310 e. The number of nitrogens with one attached hydrogen (secondary N) is 1. The lowest BCUT2D eigenvalue weighted by atomic mass is 10.0. The maximum Gasteiger partial charge on any atom is 0.310 e. The van der Waals surface area contributed by atoms with Crippen LogP contribution in [0.1, 0.15) is 45.1 Å². The van der Waals surface area contributed by atoms with Gasteiger partial charge in [0, 0.05) is 25.2 Å². The molecule has 0 aromatic heterocycles. The molecule has 0 radical (unpaired) electrons. The summed E-state index contributed by atoms with van der Waals surface area (Å²) in [6.45, 7) is 5.78. The molecule has 0 atom stereocenters. The zero-order chi connectivity index (χ0) is 19.2. The molecule has 2 fully saturated rings. The first-order valence-electron chi connectivity index (χ1n) is 9.94. The average molecular weight is 374 g/mol. The summed E-state index contributed by atoms with van der Waals surface area (Å²) in [5, 5.41) is 2.99. The van der Waals surface area contributed by atoms with Gasteiger partial charge in [0.1, 0.15) is 5.75 Å². The minimum atomic E-state index is -0.407. The normalized spacial score (nSPS) is 18.3. The van der Waals surface area contributed by atoms with Crippen LogP contribution < -0.4 is 10.1 Å². The van der Waals surface area contributed by atoms with E-state index in [2.05, 4.69) is 10.2 Å². The Labute approximate surface area is 161 Å². The van der Waals surface area contributed by atoms with Gasteiger partial charge in [-0.05, 0) is 57.2 Å². The second-order valence-electron chi connectivity index (χ2n) is 7.76. The van der Waals surface area contributed by atoms with Crippen LogP contribution in [0, 0.1) is 0 Å². The second-order valence-corrected chi connectivity index (χ2v) is 7.76. The third-order valence-corrected chi connectivity index (χ3v) is 4.94. The van der Waals surface area contributed by atoms with Crippen LogP contribution in [0.3, 0.4) is 0 Å². The van der Waals surface area contributed by atoms with Crippen molar-refractivity contribution >= 4 is 11.9 Å². The van der Waals surface area contributed by atoms with E-state index < -0.39 is 5.97 Å². The molecular weight excluding hydrogens is 344 g/mol. The first kappa shape index (κ1) is 19.7. The number of rotatable bonds is 8. The summed E-state index contributed by atoms with van der Waals surface area (Å²) < 4.78 is 10.8. The van der Waals surface area contributed by atoms with Crippen molar-refractivity contribution in [3.05, 3.63) is 29.8 Å². The molecule has 148 valence electrons. The van der Waals surface area contributed by atoms with Crippen molar-refractivity contribution in [1.82, 2.24) is 10.2 Å². The summed E-state index contributed by atoms with van der Waals surface area (Å²) in [5.41, 5.74) is 0.811. The molecule has 1 aliphatic carbocycles. The summed E-state index contributed by atoms with van der Waals surface area (Å²) >= 11 is 0. The Bertz CT molecular complexity index is 649. The first-order chi connectivity index (χ1) is 13.0. The molecule has 3 rings (SSSR count). The number of amides is 1. The highest BCUT2D eigenvalue weighted by Crippen LogP contribution is 2.29. The van der Waals surface area contributed by atoms with Crippen LogP contribution in [-0.4, -0.2) is 54.7 Å². The first-order valence-corrected chi connectivity index (χ1v) is 9.94. The van der Waals surface area contributed by atoms with Crippen LogP contribution in [0.4, 0.5) is 0 Å². The molecule has 6 heteroatoms. The van der Waals surface area contributed by atoms with E-state index in [1.807, 2.05) is 38.1 Å². The maximum absolute atomic E-state index is 12.0. The molecule has 1 aliphatic heterocycles. The van der Waals surface area contributed by atoms with Gasteiger partial charge in [-0.25, -0.2) is 0 Å². The van der Waals surface area contributed by atoms with E-state index in [1.165, 1.54) is 12.8 Å². The number of likely N-dealkylation sites (tertiary alicyclic amines) is 1. The summed E-state index contributed by atoms with van der Waals surface area (Å²) in [6.07, 6.45) is 4.78. The van der Waals surface area contributed by atoms with Crippen LogP contribution in [0.25, 0.3) is 0 Å². The van der Waals surface area contributed by atoms with E-state index in [0.29, 0.717) is 0 Å². The molecule has 2 aliphatic rings. The van der Waals surface area contributed by atoms with Crippen LogP contribution in [-0.2, 0) is 20.7 Å². The van der Waals surface area contributed by atoms with Crippen LogP contribution >= 0.6 is 0 Å². The lowest BCUT2D eigenvalue weighted by Crippen LogP contribution is -2.46. The Morgan fingerprint density at radius 1 is 1.19 bits per heavy atom. The Morgan fingerprint density at radius 2 is 1.93 bits per heavy atom. The Kier molecular flexibility index (Phi) is 6.72. The monoisotopic (exact) mass is 374 g/mol. The van der Waals surface area contributed by atoms with Crippen molar-refractivity contribution in [2.75, 3.05) is 19.7 Å². The maximum atomic E-state index is 12.0. The van der Waals surface area contributed by atoms with Gasteiger partial charge in [-0.1, -0.05) is 12.1 Å². The van der Waals surface area contributed by atoms with E-state index in [1.54, 1.807) is 0 Å². The molecule has 6 nitrogen and oxygen atoms in total. The van der Waals surface area contributed by atoms with Gasteiger partial charge in [-0.15, -0.1) is 0 Å². The number of carbonyl (C=O) groups is 2. The highest BCUT2D eigenvalue weighted by Gasteiger charge is 2.32. The van der Waals surface area contributed by atoms with Gasteiger partial charge in [0.2, 0.25) is 0 Å². The predicted molar refractivity (Wildman–Crippen MR) is 103 cm³/mol. The highest BCUT2D eigenvalue weighted by molar-refractivity contribution is 5.81. The van der Waals surface area contributed by atoms with E-state index in [0.717, 1.165) is 43.3 Å². The SMILES string of the molecule is CC(C)Oc1cccc(CC(=O)OCC(=O)NC2CCN(C3CC3)CC2)c1. The molecule has 0 unspecified atom stereocenters. The second kappa shape index (κ2) is 9.22. The molecule has 1 saturated heterocycles. The number of esters is 1. The lowest BCUT2D eigenvalue weighted by Gasteiger charge is -2.32. The van der Waals surface area contributed by atoms with E-state index in [4.69, 9.17) is 9.47 Å². The van der Waals surface area contributed by atoms with Gasteiger partial charge in [0.25, 0.3) is 5.91 Å². The summed E-state index contributed by atoms with van der Waals surface area (Å²) in [7, 11) is 0. The summed E-state index contributed by atoms with van der Waals surface area (Å²) in [5.74, 6) is 0.103. The predicted octanol–water partition coefficient (Wildman–Crippen LogP) is 2.30. The van der Waals surface area contributed by atoms with Crippen LogP contribution in [0.15, 0.2) is 24.3 Å². The lowest BCUT2D eigenvalue weighted by molar-refractivity contribution is -0.148. The van der Waals surface area contributed by atoms with Gasteiger partial charge >= 0.3 is 5.97 Å². The molecule has 1 aromatic rings. The highest BCUT2D eigenvalue weighted by atomic mass is 16.5. The van der Waals surface area contributed by atoms with Crippen molar-refractivity contribution in [1.29, 1.82) is 0 Å². The Balaban J connectivity index is 1.35. The Hall–Kier alpha value is -2.08. The molecule has 0 bridgehead atoms. The number of hydrogen-bond donors (Lipinski definition) is 1.